The van der Waals surface area contributed by atoms with Gasteiger partial charge in [-0.2, -0.15) is 0 Å². The summed E-state index contributed by atoms with van der Waals surface area (Å²) >= 11 is 0. The van der Waals surface area contributed by atoms with Gasteiger partial charge in [0.1, 0.15) is 22.8 Å². The minimum Gasteiger partial charge on any atom is -0.467 e. The minimum atomic E-state index is -0.839. The number of amides is 1. The average Bonchev–Trinajstić information content (AvgIpc) is 3.35. The number of fused-ring (bicyclic) bond motifs is 3. The number of furan rings is 1. The van der Waals surface area contributed by atoms with Gasteiger partial charge in [-0.15, -0.1) is 0 Å². The number of carbonyl (C=O) groups excluding carboxylic acids is 2. The van der Waals surface area contributed by atoms with Crippen molar-refractivity contribution in [3.05, 3.63) is 103 Å². The number of methoxy groups -OCH3 is 1. The number of benzene rings is 4. The molecular weight excluding hydrogens is 514 g/mol. The smallest absolute Gasteiger partial charge is 0.408 e. The number of ether oxygens (including phenoxy) is 2. The fourth-order valence-corrected chi connectivity index (χ4v) is 4.75. The lowest BCUT2D eigenvalue weighted by atomic mass is 9.98. The number of esters is 1. The topological polar surface area (TPSA) is 77.8 Å². The molecule has 0 fully saturated rings. The molecule has 1 atom stereocenters. The minimum absolute atomic E-state index is 0.271. The Labute approximate surface area is 239 Å². The highest BCUT2D eigenvalue weighted by molar-refractivity contribution is 6.09. The zero-order chi connectivity index (χ0) is 29.0. The number of hydrogen-bond acceptors (Lipinski definition) is 5. The van der Waals surface area contributed by atoms with Crippen molar-refractivity contribution in [2.24, 2.45) is 0 Å². The molecule has 5 aromatic rings. The van der Waals surface area contributed by atoms with E-state index in [-0.39, 0.29) is 6.42 Å². The number of para-hydroxylation sites is 2. The number of alkyl carbamates (subject to hydrolysis) is 1. The lowest BCUT2D eigenvalue weighted by Gasteiger charge is -2.22. The highest BCUT2D eigenvalue weighted by Gasteiger charge is 2.24. The monoisotopic (exact) mass is 547 g/mol. The highest BCUT2D eigenvalue weighted by atomic mass is 16.6. The van der Waals surface area contributed by atoms with Gasteiger partial charge in [0, 0.05) is 16.3 Å². The Balaban J connectivity index is 1.27. The van der Waals surface area contributed by atoms with Crippen molar-refractivity contribution in [3.63, 3.8) is 0 Å². The Hall–Kier alpha value is -4.84. The first kappa shape index (κ1) is 27.7. The number of hydrogen-bond donors (Lipinski definition) is 1. The van der Waals surface area contributed by atoms with Crippen molar-refractivity contribution in [3.8, 4) is 22.3 Å². The first-order valence-electron chi connectivity index (χ1n) is 13.6. The molecule has 6 heteroatoms. The number of carbonyl (C=O) groups is 2. The second-order valence-electron chi connectivity index (χ2n) is 10.8. The van der Waals surface area contributed by atoms with Crippen molar-refractivity contribution in [2.45, 2.75) is 38.8 Å². The summed E-state index contributed by atoms with van der Waals surface area (Å²) in [7, 11) is 1.29. The normalized spacial score (nSPS) is 12.5. The summed E-state index contributed by atoms with van der Waals surface area (Å²) in [6.07, 6.45) is 3.35. The van der Waals surface area contributed by atoms with E-state index < -0.39 is 23.7 Å². The van der Waals surface area contributed by atoms with Crippen LogP contribution in [-0.2, 0) is 14.3 Å². The van der Waals surface area contributed by atoms with E-state index in [1.807, 2.05) is 42.5 Å². The molecule has 1 aromatic heterocycles. The summed E-state index contributed by atoms with van der Waals surface area (Å²) in [6, 6.07) is 30.2. The van der Waals surface area contributed by atoms with Crippen molar-refractivity contribution in [1.82, 2.24) is 5.32 Å². The Bertz CT molecular complexity index is 1710. The predicted octanol–water partition coefficient (Wildman–Crippen LogP) is 8.39. The quantitative estimate of drug-likeness (QED) is 0.207. The largest absolute Gasteiger partial charge is 0.467 e. The average molecular weight is 548 g/mol. The fourth-order valence-electron chi connectivity index (χ4n) is 4.75. The van der Waals surface area contributed by atoms with E-state index >= 15 is 0 Å². The van der Waals surface area contributed by atoms with Crippen LogP contribution >= 0.6 is 0 Å². The van der Waals surface area contributed by atoms with Gasteiger partial charge in [0.05, 0.1) is 7.11 Å². The van der Waals surface area contributed by atoms with E-state index in [1.165, 1.54) is 7.11 Å². The summed E-state index contributed by atoms with van der Waals surface area (Å²) in [5.41, 5.74) is 6.46. The van der Waals surface area contributed by atoms with E-state index in [1.54, 1.807) is 20.8 Å². The van der Waals surface area contributed by atoms with E-state index in [0.29, 0.717) is 0 Å². The Kier molecular flexibility index (Phi) is 7.92. The van der Waals surface area contributed by atoms with Crippen LogP contribution in [0.4, 0.5) is 4.79 Å². The van der Waals surface area contributed by atoms with Gasteiger partial charge in [-0.3, -0.25) is 0 Å². The van der Waals surface area contributed by atoms with Gasteiger partial charge in [0.2, 0.25) is 0 Å². The lowest BCUT2D eigenvalue weighted by Crippen LogP contribution is -2.43. The first-order chi connectivity index (χ1) is 19.7. The summed E-state index contributed by atoms with van der Waals surface area (Å²) in [5, 5.41) is 4.82. The molecule has 1 unspecified atom stereocenters. The van der Waals surface area contributed by atoms with Crippen LogP contribution in [0.5, 0.6) is 0 Å². The third-order valence-corrected chi connectivity index (χ3v) is 6.70. The third kappa shape index (κ3) is 6.49. The van der Waals surface area contributed by atoms with Gasteiger partial charge < -0.3 is 19.2 Å². The van der Waals surface area contributed by atoms with Crippen LogP contribution in [0.3, 0.4) is 0 Å². The summed E-state index contributed by atoms with van der Waals surface area (Å²) < 4.78 is 16.3. The fraction of sp³-hybridized carbons (Fsp3) is 0.200. The van der Waals surface area contributed by atoms with Gasteiger partial charge in [-0.25, -0.2) is 9.59 Å². The lowest BCUT2D eigenvalue weighted by molar-refractivity contribution is -0.143. The molecule has 1 N–H and O–H groups in total. The second kappa shape index (κ2) is 11.7. The number of nitrogens with one attached hydrogen (secondary N) is 1. The van der Waals surface area contributed by atoms with Gasteiger partial charge in [-0.1, -0.05) is 97.1 Å². The van der Waals surface area contributed by atoms with Crippen LogP contribution in [0.1, 0.15) is 32.8 Å². The van der Waals surface area contributed by atoms with Gasteiger partial charge in [0.15, 0.2) is 0 Å². The molecule has 0 saturated carbocycles. The molecular formula is C35H33NO5. The van der Waals surface area contributed by atoms with Gasteiger partial charge in [-0.05, 0) is 55.5 Å². The molecule has 0 saturated heterocycles. The van der Waals surface area contributed by atoms with Crippen LogP contribution in [0.25, 0.3) is 50.3 Å². The van der Waals surface area contributed by atoms with Gasteiger partial charge in [0.25, 0.3) is 0 Å². The highest BCUT2D eigenvalue weighted by Crippen LogP contribution is 2.36. The maximum absolute atomic E-state index is 12.1. The molecule has 0 radical (unpaired) electrons. The zero-order valence-electron chi connectivity index (χ0n) is 23.6. The maximum Gasteiger partial charge on any atom is 0.408 e. The Morgan fingerprint density at radius 1 is 0.829 bits per heavy atom. The predicted molar refractivity (Wildman–Crippen MR) is 163 cm³/mol. The molecule has 0 aliphatic heterocycles. The molecule has 0 spiro atoms. The van der Waals surface area contributed by atoms with Crippen LogP contribution in [0.2, 0.25) is 0 Å². The standard InChI is InChI=1S/C35H33NO5/c1-35(2,3)41-34(38)36-30(33(37)39-4)13-7-9-23-15-17-24(18-16-23)25-19-21-26(22-20-25)27-11-8-12-29-28-10-5-6-14-31(28)40-32(27)29/h5-12,14-22,30H,13H2,1-4H3,(H,36,38)/b9-7+. The van der Waals surface area contributed by atoms with Crippen LogP contribution in [-0.4, -0.2) is 30.8 Å². The Morgan fingerprint density at radius 2 is 1.46 bits per heavy atom. The van der Waals surface area contributed by atoms with E-state index in [4.69, 9.17) is 13.9 Å². The molecule has 41 heavy (non-hydrogen) atoms. The van der Waals surface area contributed by atoms with Crippen molar-refractivity contribution >= 4 is 40.1 Å². The third-order valence-electron chi connectivity index (χ3n) is 6.70. The molecule has 5 rings (SSSR count). The van der Waals surface area contributed by atoms with Crippen LogP contribution < -0.4 is 5.32 Å². The summed E-state index contributed by atoms with van der Waals surface area (Å²) in [6.45, 7) is 5.29. The zero-order valence-corrected chi connectivity index (χ0v) is 23.6. The van der Waals surface area contributed by atoms with Crippen molar-refractivity contribution in [1.29, 1.82) is 0 Å². The van der Waals surface area contributed by atoms with Crippen molar-refractivity contribution < 1.29 is 23.5 Å². The van der Waals surface area contributed by atoms with E-state index in [0.717, 1.165) is 49.8 Å². The van der Waals surface area contributed by atoms with E-state index in [2.05, 4.69) is 66.0 Å². The van der Waals surface area contributed by atoms with Crippen LogP contribution in [0, 0.1) is 0 Å². The molecule has 1 amide bonds. The van der Waals surface area contributed by atoms with Crippen molar-refractivity contribution in [2.75, 3.05) is 7.11 Å². The molecule has 4 aromatic carbocycles. The molecule has 6 nitrogen and oxygen atoms in total. The molecule has 1 heterocycles. The second-order valence-corrected chi connectivity index (χ2v) is 10.8. The summed E-state index contributed by atoms with van der Waals surface area (Å²) in [4.78, 5) is 24.3. The van der Waals surface area contributed by atoms with E-state index in [9.17, 15) is 9.59 Å². The Morgan fingerprint density at radius 3 is 2.15 bits per heavy atom. The molecule has 0 aliphatic carbocycles. The molecule has 0 aliphatic rings. The summed E-state index contributed by atoms with van der Waals surface area (Å²) in [5.74, 6) is -0.532. The molecule has 0 bridgehead atoms. The molecule has 208 valence electrons. The number of rotatable bonds is 7. The first-order valence-corrected chi connectivity index (χ1v) is 13.6. The maximum atomic E-state index is 12.1. The SMILES string of the molecule is COC(=O)C(C/C=C/c1ccc(-c2ccc(-c3cccc4c3oc3ccccc34)cc2)cc1)NC(=O)OC(C)(C)C. The van der Waals surface area contributed by atoms with Crippen LogP contribution in [0.15, 0.2) is 101 Å². The van der Waals surface area contributed by atoms with Gasteiger partial charge >= 0.3 is 12.1 Å².